The van der Waals surface area contributed by atoms with Gasteiger partial charge < -0.3 is 36.2 Å². The largest absolute Gasteiger partial charge is 0.508 e. The van der Waals surface area contributed by atoms with Crippen LogP contribution < -0.4 is 16.4 Å². The van der Waals surface area contributed by atoms with E-state index in [4.69, 9.17) is 10.5 Å². The Morgan fingerprint density at radius 3 is 2.35 bits per heavy atom. The number of likely N-dealkylation sites (tertiary alicyclic amines) is 1. The molecule has 1 aliphatic rings. The zero-order valence-electron chi connectivity index (χ0n) is 33.5. The highest BCUT2D eigenvalue weighted by Crippen LogP contribution is 2.29. The van der Waals surface area contributed by atoms with Gasteiger partial charge in [0.2, 0.25) is 17.7 Å². The third-order valence-corrected chi connectivity index (χ3v) is 11.4. The minimum absolute atomic E-state index is 0.0233. The molecule has 1 aromatic carbocycles. The number of nitrogens with zero attached hydrogens (tertiary/aromatic N) is 3. The van der Waals surface area contributed by atoms with Crippen LogP contribution in [0.5, 0.6) is 5.75 Å². The zero-order chi connectivity index (χ0) is 40.8. The van der Waals surface area contributed by atoms with E-state index >= 15 is 0 Å². The molecule has 0 spiro atoms. The number of carbonyl (C=O) groups excluding carboxylic acids is 5. The lowest BCUT2D eigenvalue weighted by molar-refractivity contribution is -0.159. The Morgan fingerprint density at radius 1 is 1.05 bits per heavy atom. The molecular weight excluding hydrogens is 725 g/mol. The second-order valence-electron chi connectivity index (χ2n) is 15.3. The van der Waals surface area contributed by atoms with E-state index in [1.807, 2.05) is 46.6 Å². The van der Waals surface area contributed by atoms with Crippen molar-refractivity contribution in [3.63, 3.8) is 0 Å². The van der Waals surface area contributed by atoms with Gasteiger partial charge in [-0.15, -0.1) is 11.3 Å². The van der Waals surface area contributed by atoms with Gasteiger partial charge in [0.1, 0.15) is 28.6 Å². The first kappa shape index (κ1) is 45.3. The van der Waals surface area contributed by atoms with Gasteiger partial charge in [-0.05, 0) is 75.2 Å². The summed E-state index contributed by atoms with van der Waals surface area (Å²) in [6.45, 7) is 11.6. The van der Waals surface area contributed by atoms with Gasteiger partial charge in [0.15, 0.2) is 6.73 Å². The average Bonchev–Trinajstić information content (AvgIpc) is 3.65. The van der Waals surface area contributed by atoms with E-state index in [-0.39, 0.29) is 66.2 Å². The molecule has 6 N–H and O–H groups in total. The van der Waals surface area contributed by atoms with Crippen molar-refractivity contribution in [3.8, 4) is 5.75 Å². The molecule has 0 bridgehead atoms. The Kier molecular flexibility index (Phi) is 18.0. The second-order valence-corrected chi connectivity index (χ2v) is 16.2. The number of hydrogen-bond acceptors (Lipinski definition) is 11. The van der Waals surface area contributed by atoms with Crippen molar-refractivity contribution in [3.05, 3.63) is 45.9 Å². The highest BCUT2D eigenvalue weighted by atomic mass is 32.1. The molecule has 1 aromatic heterocycles. The lowest BCUT2D eigenvalue weighted by Gasteiger charge is -2.39. The molecule has 0 saturated carbocycles. The van der Waals surface area contributed by atoms with E-state index in [0.29, 0.717) is 25.7 Å². The summed E-state index contributed by atoms with van der Waals surface area (Å²) in [5, 5.41) is 29.0. The van der Waals surface area contributed by atoms with Gasteiger partial charge in [0.25, 0.3) is 5.91 Å². The van der Waals surface area contributed by atoms with Crippen LogP contribution in [0.3, 0.4) is 0 Å². The number of primary amides is 1. The van der Waals surface area contributed by atoms with Crippen molar-refractivity contribution in [2.75, 3.05) is 20.3 Å². The van der Waals surface area contributed by atoms with E-state index in [1.165, 1.54) is 4.90 Å². The number of carbonyl (C=O) groups is 5. The fraction of sp³-hybridized carbons (Fsp3) is 0.650. The molecule has 4 amide bonds. The zero-order valence-corrected chi connectivity index (χ0v) is 34.3. The summed E-state index contributed by atoms with van der Waals surface area (Å²) in [6, 6.07) is 4.21. The molecule has 55 heavy (non-hydrogen) atoms. The monoisotopic (exact) mass is 786 g/mol. The van der Waals surface area contributed by atoms with Crippen LogP contribution in [0.2, 0.25) is 0 Å². The number of aromatic hydroxyl groups is 1. The number of benzene rings is 1. The lowest BCUT2D eigenvalue weighted by atomic mass is 9.92. The van der Waals surface area contributed by atoms with Gasteiger partial charge in [-0.25, -0.2) is 4.98 Å². The van der Waals surface area contributed by atoms with Gasteiger partial charge in [-0.1, -0.05) is 66.5 Å². The number of aliphatic hydroxyl groups is 1. The van der Waals surface area contributed by atoms with Crippen LogP contribution in [-0.2, 0) is 30.3 Å². The van der Waals surface area contributed by atoms with Crippen LogP contribution in [0.4, 0.5) is 0 Å². The molecule has 3 rings (SSSR count). The highest BCUT2D eigenvalue weighted by molar-refractivity contribution is 7.09. The van der Waals surface area contributed by atoms with Gasteiger partial charge in [0.05, 0.1) is 6.04 Å². The average molecular weight is 787 g/mol. The fourth-order valence-electron chi connectivity index (χ4n) is 6.80. The molecule has 2 aromatic rings. The number of aromatic nitrogens is 1. The van der Waals surface area contributed by atoms with E-state index in [9.17, 15) is 34.2 Å². The van der Waals surface area contributed by atoms with Gasteiger partial charge in [-0.2, -0.15) is 0 Å². The predicted molar refractivity (Wildman–Crippen MR) is 211 cm³/mol. The number of nitrogens with one attached hydrogen (secondary N) is 2. The van der Waals surface area contributed by atoms with Crippen molar-refractivity contribution in [2.45, 2.75) is 130 Å². The summed E-state index contributed by atoms with van der Waals surface area (Å²) in [4.78, 5) is 74.0. The Labute approximate surface area is 329 Å². The van der Waals surface area contributed by atoms with Crippen LogP contribution >= 0.6 is 11.3 Å². The van der Waals surface area contributed by atoms with Gasteiger partial charge in [-0.3, -0.25) is 28.9 Å². The fourth-order valence-corrected chi connectivity index (χ4v) is 7.60. The molecular formula is C40H62N6O8S. The van der Waals surface area contributed by atoms with Crippen molar-refractivity contribution in [1.82, 2.24) is 25.4 Å². The SMILES string of the molecule is CCCC(=O)OCN(C(=O)C(NC(=O)C1CCCCN1C)C(C)CC)[C@H](C[C@@H](O)c1nc(C(=O)N[C@@H](Cc2ccc(O)cc2)CC(C)C(N)=O)cs1)C(C)C. The maximum atomic E-state index is 14.6. The molecule has 1 fully saturated rings. The number of phenolic OH excluding ortho intramolecular Hbond substituents is 1. The molecule has 2 heterocycles. The summed E-state index contributed by atoms with van der Waals surface area (Å²) in [7, 11) is 1.91. The summed E-state index contributed by atoms with van der Waals surface area (Å²) in [5.41, 5.74) is 6.44. The normalized spacial score (nSPS) is 18.0. The number of amides is 4. The van der Waals surface area contributed by atoms with E-state index in [1.54, 1.807) is 36.6 Å². The number of thiazole rings is 1. The number of aliphatic hydroxyl groups excluding tert-OH is 1. The number of ether oxygens (including phenoxy) is 1. The van der Waals surface area contributed by atoms with Gasteiger partial charge in [0, 0.05) is 36.2 Å². The lowest BCUT2D eigenvalue weighted by Crippen LogP contribution is -2.59. The Bertz CT molecular complexity index is 1570. The number of nitrogens with two attached hydrogens (primary N) is 1. The molecule has 306 valence electrons. The van der Waals surface area contributed by atoms with E-state index in [2.05, 4.69) is 15.6 Å². The standard InChI is InChI=1S/C40H62N6O8S/c1-8-12-34(49)54-23-46(40(53)35(25(5)9-2)44-38(52)31-13-10-11-18-45(31)7)32(24(3)4)21-33(48)39-43-30(22-55-39)37(51)42-28(19-26(6)36(41)50)20-27-14-16-29(47)17-15-27/h14-17,22,24-26,28,31-33,35,47-48H,8-13,18-21,23H2,1-7H3,(H2,41,50)(H,42,51)(H,44,52)/t25?,26?,28-,31?,32-,33-,35?/m1/s1. The first-order valence-electron chi connectivity index (χ1n) is 19.5. The number of rotatable bonds is 21. The quantitative estimate of drug-likeness (QED) is 0.0897. The molecule has 7 atom stereocenters. The van der Waals surface area contributed by atoms with Crippen LogP contribution in [0.1, 0.15) is 120 Å². The predicted octanol–water partition coefficient (Wildman–Crippen LogP) is 4.29. The van der Waals surface area contributed by atoms with Crippen LogP contribution in [-0.4, -0.2) is 99.1 Å². The molecule has 1 saturated heterocycles. The van der Waals surface area contributed by atoms with E-state index in [0.717, 1.165) is 36.3 Å². The minimum Gasteiger partial charge on any atom is -0.508 e. The van der Waals surface area contributed by atoms with Crippen LogP contribution in [0.25, 0.3) is 0 Å². The van der Waals surface area contributed by atoms with E-state index < -0.39 is 53.8 Å². The van der Waals surface area contributed by atoms with Gasteiger partial charge >= 0.3 is 5.97 Å². The molecule has 0 aliphatic carbocycles. The Balaban J connectivity index is 1.85. The number of phenols is 1. The molecule has 14 nitrogen and oxygen atoms in total. The maximum Gasteiger partial charge on any atom is 0.307 e. The molecule has 15 heteroatoms. The smallest absolute Gasteiger partial charge is 0.307 e. The molecule has 1 aliphatic heterocycles. The third kappa shape index (κ3) is 13.6. The van der Waals surface area contributed by atoms with Crippen molar-refractivity contribution < 1.29 is 38.9 Å². The first-order valence-corrected chi connectivity index (χ1v) is 20.4. The number of piperidine rings is 1. The van der Waals surface area contributed by atoms with Crippen molar-refractivity contribution in [1.29, 1.82) is 0 Å². The second kappa shape index (κ2) is 21.9. The molecule has 4 unspecified atom stereocenters. The van der Waals surface area contributed by atoms with Crippen LogP contribution in [0.15, 0.2) is 29.6 Å². The number of esters is 1. The Hall–Kier alpha value is -4.08. The third-order valence-electron chi connectivity index (χ3n) is 10.5. The summed E-state index contributed by atoms with van der Waals surface area (Å²) < 4.78 is 5.61. The number of likely N-dealkylation sites (N-methyl/N-ethyl adjacent to an activating group) is 1. The number of hydrogen-bond donors (Lipinski definition) is 5. The Morgan fingerprint density at radius 2 is 1.75 bits per heavy atom. The molecule has 0 radical (unpaired) electrons. The van der Waals surface area contributed by atoms with Crippen molar-refractivity contribution in [2.24, 2.45) is 23.5 Å². The maximum absolute atomic E-state index is 14.6. The highest BCUT2D eigenvalue weighted by Gasteiger charge is 2.38. The summed E-state index contributed by atoms with van der Waals surface area (Å²) in [6.07, 6.45) is 3.48. The minimum atomic E-state index is -1.18. The topological polar surface area (TPSA) is 204 Å². The van der Waals surface area contributed by atoms with Crippen LogP contribution in [0, 0.1) is 17.8 Å². The first-order chi connectivity index (χ1) is 26.1. The summed E-state index contributed by atoms with van der Waals surface area (Å²) >= 11 is 1.10. The summed E-state index contributed by atoms with van der Waals surface area (Å²) in [5.74, 6) is -2.92. The van der Waals surface area contributed by atoms with Crippen molar-refractivity contribution >= 4 is 40.9 Å².